The third-order valence-electron chi connectivity index (χ3n) is 2.52. The molecule has 0 saturated carbocycles. The number of benzene rings is 2. The van der Waals surface area contributed by atoms with Crippen molar-refractivity contribution in [2.24, 2.45) is 0 Å². The van der Waals surface area contributed by atoms with Crippen LogP contribution < -0.4 is 5.30 Å². The third kappa shape index (κ3) is 3.40. The number of hydrogen-bond acceptors (Lipinski definition) is 1. The van der Waals surface area contributed by atoms with E-state index in [1.807, 2.05) is 0 Å². The van der Waals surface area contributed by atoms with Gasteiger partial charge in [0.2, 0.25) is 6.49 Å². The minimum Gasteiger partial charge on any atom is -0.342 e. The SMILES string of the molecule is OP(O)(=S)c1ccccc1-c1cc(Cl)c(Br)cc1Cl. The molecule has 0 aliphatic rings. The highest BCUT2D eigenvalue weighted by molar-refractivity contribution is 9.10. The van der Waals surface area contributed by atoms with E-state index in [2.05, 4.69) is 15.9 Å². The lowest BCUT2D eigenvalue weighted by Crippen LogP contribution is -2.07. The lowest BCUT2D eigenvalue weighted by Gasteiger charge is -2.15. The van der Waals surface area contributed by atoms with Gasteiger partial charge in [-0.05, 0) is 51.5 Å². The van der Waals surface area contributed by atoms with E-state index in [4.69, 9.17) is 35.0 Å². The van der Waals surface area contributed by atoms with E-state index in [1.54, 1.807) is 36.4 Å². The van der Waals surface area contributed by atoms with E-state index in [1.165, 1.54) is 0 Å². The van der Waals surface area contributed by atoms with Crippen molar-refractivity contribution in [3.63, 3.8) is 0 Å². The first-order chi connectivity index (χ1) is 8.80. The first-order valence-electron chi connectivity index (χ1n) is 5.11. The normalized spacial score (nSPS) is 11.6. The van der Waals surface area contributed by atoms with Gasteiger partial charge in [0, 0.05) is 20.4 Å². The van der Waals surface area contributed by atoms with Crippen LogP contribution in [0.1, 0.15) is 0 Å². The zero-order valence-corrected chi connectivity index (χ0v) is 14.2. The van der Waals surface area contributed by atoms with Gasteiger partial charge in [0.15, 0.2) is 0 Å². The van der Waals surface area contributed by atoms with Gasteiger partial charge in [-0.15, -0.1) is 0 Å². The predicted molar refractivity (Wildman–Crippen MR) is 88.0 cm³/mol. The molecule has 0 aromatic heterocycles. The maximum atomic E-state index is 9.74. The molecule has 2 N–H and O–H groups in total. The molecule has 0 atom stereocenters. The van der Waals surface area contributed by atoms with Gasteiger partial charge in [0.05, 0.1) is 5.02 Å². The molecule has 0 saturated heterocycles. The van der Waals surface area contributed by atoms with E-state index in [0.717, 1.165) is 0 Å². The smallest absolute Gasteiger partial charge is 0.214 e. The largest absolute Gasteiger partial charge is 0.342 e. The first-order valence-corrected chi connectivity index (χ1v) is 9.36. The summed E-state index contributed by atoms with van der Waals surface area (Å²) in [6.07, 6.45) is 0. The van der Waals surface area contributed by atoms with Crippen LogP contribution in [0.3, 0.4) is 0 Å². The van der Waals surface area contributed by atoms with Crippen molar-refractivity contribution in [3.8, 4) is 11.1 Å². The summed E-state index contributed by atoms with van der Waals surface area (Å²) in [5.41, 5.74) is 1.19. The van der Waals surface area contributed by atoms with Gasteiger partial charge >= 0.3 is 0 Å². The summed E-state index contributed by atoms with van der Waals surface area (Å²) in [6.45, 7) is -3.55. The molecular formula is C12H8BrCl2O2PS. The average molecular weight is 398 g/mol. The van der Waals surface area contributed by atoms with Crippen LogP contribution in [0.2, 0.25) is 10.0 Å². The van der Waals surface area contributed by atoms with Crippen molar-refractivity contribution in [3.05, 3.63) is 50.9 Å². The van der Waals surface area contributed by atoms with Crippen molar-refractivity contribution in [2.45, 2.75) is 0 Å². The standard InChI is InChI=1S/C12H8BrCl2O2PS/c13-9-6-10(14)8(5-11(9)15)7-3-1-2-4-12(7)18(16,17)19/h1-6H,(H2,16,17,19). The van der Waals surface area contributed by atoms with Crippen LogP contribution >= 0.6 is 45.6 Å². The molecule has 0 spiro atoms. The Hall–Kier alpha value is 0.0700. The number of hydrogen-bond donors (Lipinski definition) is 2. The Labute approximate surface area is 134 Å². The topological polar surface area (TPSA) is 40.5 Å². The zero-order chi connectivity index (χ0) is 14.2. The molecule has 0 aliphatic heterocycles. The summed E-state index contributed by atoms with van der Waals surface area (Å²) in [4.78, 5) is 19.5. The fourth-order valence-electron chi connectivity index (χ4n) is 1.68. The number of rotatable bonds is 2. The van der Waals surface area contributed by atoms with Gasteiger partial charge in [0.25, 0.3) is 0 Å². The predicted octanol–water partition coefficient (Wildman–Crippen LogP) is 4.34. The summed E-state index contributed by atoms with van der Waals surface area (Å²) in [6, 6.07) is 10.1. The Morgan fingerprint density at radius 2 is 1.63 bits per heavy atom. The van der Waals surface area contributed by atoms with Crippen LogP contribution in [-0.4, -0.2) is 9.79 Å². The van der Waals surface area contributed by atoms with Gasteiger partial charge in [-0.3, -0.25) is 0 Å². The summed E-state index contributed by atoms with van der Waals surface area (Å²) in [5.74, 6) is 0. The molecule has 2 aromatic rings. The summed E-state index contributed by atoms with van der Waals surface area (Å²) < 4.78 is 0.674. The highest BCUT2D eigenvalue weighted by Gasteiger charge is 2.19. The molecule has 0 bridgehead atoms. The Balaban J connectivity index is 2.73. The molecular weight excluding hydrogens is 390 g/mol. The molecule has 0 fully saturated rings. The van der Waals surface area contributed by atoms with Crippen molar-refractivity contribution >= 4 is 62.7 Å². The maximum absolute atomic E-state index is 9.74. The van der Waals surface area contributed by atoms with Gasteiger partial charge in [-0.2, -0.15) is 0 Å². The first kappa shape index (κ1) is 15.5. The molecule has 0 aliphatic carbocycles. The Morgan fingerprint density at radius 3 is 2.26 bits per heavy atom. The second kappa shape index (κ2) is 5.82. The molecule has 0 radical (unpaired) electrons. The van der Waals surface area contributed by atoms with E-state index in [-0.39, 0.29) is 0 Å². The molecule has 2 nitrogen and oxygen atoms in total. The van der Waals surface area contributed by atoms with Crippen molar-refractivity contribution in [1.29, 1.82) is 0 Å². The van der Waals surface area contributed by atoms with E-state index >= 15 is 0 Å². The van der Waals surface area contributed by atoms with Gasteiger partial charge in [-0.25, -0.2) is 0 Å². The lowest BCUT2D eigenvalue weighted by molar-refractivity contribution is 0.493. The van der Waals surface area contributed by atoms with Gasteiger partial charge < -0.3 is 9.79 Å². The highest BCUT2D eigenvalue weighted by Crippen LogP contribution is 2.41. The summed E-state index contributed by atoms with van der Waals surface area (Å²) in [7, 11) is 0. The van der Waals surface area contributed by atoms with Crippen LogP contribution in [0.15, 0.2) is 40.9 Å². The molecule has 19 heavy (non-hydrogen) atoms. The van der Waals surface area contributed by atoms with Crippen LogP contribution in [0.4, 0.5) is 0 Å². The number of halogens is 3. The van der Waals surface area contributed by atoms with Crippen LogP contribution in [0, 0.1) is 0 Å². The fraction of sp³-hybridized carbons (Fsp3) is 0. The Kier molecular flexibility index (Phi) is 4.74. The van der Waals surface area contributed by atoms with Gasteiger partial charge in [0.1, 0.15) is 0 Å². The fourth-order valence-corrected chi connectivity index (χ4v) is 3.86. The molecule has 0 amide bonds. The molecule has 2 rings (SSSR count). The third-order valence-corrected chi connectivity index (χ3v) is 5.64. The van der Waals surface area contributed by atoms with E-state index in [9.17, 15) is 9.79 Å². The van der Waals surface area contributed by atoms with E-state index < -0.39 is 6.49 Å². The molecule has 0 unspecified atom stereocenters. The monoisotopic (exact) mass is 396 g/mol. The second-order valence-corrected chi connectivity index (χ2v) is 8.57. The molecule has 7 heteroatoms. The quantitative estimate of drug-likeness (QED) is 0.584. The van der Waals surface area contributed by atoms with E-state index in [0.29, 0.717) is 30.9 Å². The lowest BCUT2D eigenvalue weighted by atomic mass is 10.1. The summed E-state index contributed by atoms with van der Waals surface area (Å²) in [5, 5.41) is 1.23. The second-order valence-electron chi connectivity index (χ2n) is 3.81. The molecule has 2 aromatic carbocycles. The van der Waals surface area contributed by atoms with Crippen LogP contribution in [0.5, 0.6) is 0 Å². The van der Waals surface area contributed by atoms with Gasteiger partial charge in [-0.1, -0.05) is 41.4 Å². The highest BCUT2D eigenvalue weighted by atomic mass is 79.9. The minimum absolute atomic E-state index is 0.297. The van der Waals surface area contributed by atoms with Crippen LogP contribution in [0.25, 0.3) is 11.1 Å². The van der Waals surface area contributed by atoms with Crippen molar-refractivity contribution in [1.82, 2.24) is 0 Å². The average Bonchev–Trinajstić information content (AvgIpc) is 2.33. The molecule has 0 heterocycles. The minimum atomic E-state index is -3.55. The van der Waals surface area contributed by atoms with Crippen molar-refractivity contribution in [2.75, 3.05) is 0 Å². The Morgan fingerprint density at radius 1 is 1.00 bits per heavy atom. The summed E-state index contributed by atoms with van der Waals surface area (Å²) >= 11 is 20.3. The van der Waals surface area contributed by atoms with Crippen molar-refractivity contribution < 1.29 is 9.79 Å². The Bertz CT molecular complexity index is 687. The zero-order valence-electron chi connectivity index (χ0n) is 9.35. The maximum Gasteiger partial charge on any atom is 0.214 e. The van der Waals surface area contributed by atoms with Crippen LogP contribution in [-0.2, 0) is 11.8 Å². The molecule has 100 valence electrons.